The number of hydrogen-bond acceptors (Lipinski definition) is 3. The molecule has 3 aromatic rings. The predicted octanol–water partition coefficient (Wildman–Crippen LogP) is 3.23. The van der Waals surface area contributed by atoms with Crippen LogP contribution in [-0.2, 0) is 6.42 Å². The van der Waals surface area contributed by atoms with Crippen LogP contribution >= 0.6 is 0 Å². The van der Waals surface area contributed by atoms with E-state index < -0.39 is 17.5 Å². The summed E-state index contributed by atoms with van der Waals surface area (Å²) in [5.41, 5.74) is 8.34. The van der Waals surface area contributed by atoms with Crippen LogP contribution in [0, 0.1) is 24.5 Å². The second-order valence-electron chi connectivity index (χ2n) is 7.54. The number of carbonyl (C=O) groups excluding carboxylic acids is 1. The number of amides is 1. The van der Waals surface area contributed by atoms with Crippen LogP contribution in [0.2, 0.25) is 0 Å². The Morgan fingerprint density at radius 2 is 1.96 bits per heavy atom. The van der Waals surface area contributed by atoms with Crippen LogP contribution in [0.5, 0.6) is 0 Å². The Morgan fingerprint density at radius 3 is 2.57 bits per heavy atom. The molecule has 0 radical (unpaired) electrons. The zero-order valence-electron chi connectivity index (χ0n) is 15.8. The van der Waals surface area contributed by atoms with Crippen molar-refractivity contribution in [2.45, 2.75) is 32.2 Å². The number of benzene rings is 1. The molecule has 2 heterocycles. The van der Waals surface area contributed by atoms with Gasteiger partial charge >= 0.3 is 0 Å². The molecule has 1 aromatic carbocycles. The minimum absolute atomic E-state index is 0.0626. The Bertz CT molecular complexity index is 1050. The van der Waals surface area contributed by atoms with E-state index in [0.29, 0.717) is 18.0 Å². The number of nitrogens with two attached hydrogens (primary N) is 1. The fraction of sp³-hybridized carbons (Fsp3) is 0.333. The van der Waals surface area contributed by atoms with Gasteiger partial charge in [-0.2, -0.15) is 0 Å². The zero-order valence-corrected chi connectivity index (χ0v) is 15.8. The summed E-state index contributed by atoms with van der Waals surface area (Å²) in [5.74, 6) is -1.78. The number of rotatable bonds is 4. The van der Waals surface area contributed by atoms with E-state index in [1.807, 2.05) is 29.7 Å². The van der Waals surface area contributed by atoms with E-state index in [0.717, 1.165) is 36.2 Å². The quantitative estimate of drug-likeness (QED) is 0.725. The Morgan fingerprint density at radius 1 is 1.29 bits per heavy atom. The van der Waals surface area contributed by atoms with E-state index in [-0.39, 0.29) is 22.9 Å². The standard InChI is InChI=1S/C21H22F2N4O/c1-11-3-4-27-17(8-12-6-14(24)7-12)20(26-18(27)5-11)19-15(22)9-13(10-16(19)23)21(28)25-2/h3-5,9-10,12,14H,6-8,24H2,1-2H3,(H,25,28). The molecule has 0 saturated heterocycles. The summed E-state index contributed by atoms with van der Waals surface area (Å²) in [4.78, 5) is 16.3. The molecule has 0 bridgehead atoms. The molecule has 0 unspecified atom stereocenters. The molecule has 3 N–H and O–H groups in total. The van der Waals surface area contributed by atoms with Gasteiger partial charge in [-0.05, 0) is 61.9 Å². The van der Waals surface area contributed by atoms with Gasteiger partial charge in [0, 0.05) is 24.8 Å². The van der Waals surface area contributed by atoms with Gasteiger partial charge < -0.3 is 15.5 Å². The summed E-state index contributed by atoms with van der Waals surface area (Å²) in [6.07, 6.45) is 4.30. The van der Waals surface area contributed by atoms with E-state index in [1.165, 1.54) is 7.05 Å². The first-order valence-electron chi connectivity index (χ1n) is 9.32. The van der Waals surface area contributed by atoms with Crippen molar-refractivity contribution in [3.05, 3.63) is 58.9 Å². The number of imidazole rings is 1. The van der Waals surface area contributed by atoms with Crippen molar-refractivity contribution in [2.24, 2.45) is 11.7 Å². The normalized spacial score (nSPS) is 18.9. The van der Waals surface area contributed by atoms with Crippen molar-refractivity contribution in [3.63, 3.8) is 0 Å². The summed E-state index contributed by atoms with van der Waals surface area (Å²) >= 11 is 0. The SMILES string of the molecule is CNC(=O)c1cc(F)c(-c2nc3cc(C)ccn3c2CC2CC(N)C2)c(F)c1. The van der Waals surface area contributed by atoms with Crippen LogP contribution in [0.4, 0.5) is 8.78 Å². The molecule has 28 heavy (non-hydrogen) atoms. The molecule has 1 aliphatic carbocycles. The van der Waals surface area contributed by atoms with Gasteiger partial charge in [0.2, 0.25) is 0 Å². The van der Waals surface area contributed by atoms with Crippen molar-refractivity contribution in [1.82, 2.24) is 14.7 Å². The maximum Gasteiger partial charge on any atom is 0.251 e. The second-order valence-corrected chi connectivity index (χ2v) is 7.54. The number of hydrogen-bond donors (Lipinski definition) is 2. The molecule has 0 atom stereocenters. The van der Waals surface area contributed by atoms with E-state index in [4.69, 9.17) is 5.73 Å². The van der Waals surface area contributed by atoms with Gasteiger partial charge in [-0.25, -0.2) is 13.8 Å². The number of aryl methyl sites for hydroxylation is 1. The van der Waals surface area contributed by atoms with Crippen molar-refractivity contribution in [3.8, 4) is 11.3 Å². The van der Waals surface area contributed by atoms with Crippen LogP contribution in [0.15, 0.2) is 30.5 Å². The van der Waals surface area contributed by atoms with E-state index in [1.54, 1.807) is 0 Å². The molecule has 0 spiro atoms. The van der Waals surface area contributed by atoms with Crippen molar-refractivity contribution >= 4 is 11.6 Å². The van der Waals surface area contributed by atoms with E-state index in [9.17, 15) is 13.6 Å². The molecule has 5 nitrogen and oxygen atoms in total. The lowest BCUT2D eigenvalue weighted by Crippen LogP contribution is -2.37. The number of carbonyl (C=O) groups is 1. The number of fused-ring (bicyclic) bond motifs is 1. The average molecular weight is 384 g/mol. The van der Waals surface area contributed by atoms with Crippen LogP contribution < -0.4 is 11.1 Å². The Labute approximate surface area is 161 Å². The number of aromatic nitrogens is 2. The molecule has 1 aliphatic rings. The van der Waals surface area contributed by atoms with E-state index in [2.05, 4.69) is 10.3 Å². The monoisotopic (exact) mass is 384 g/mol. The van der Waals surface area contributed by atoms with Crippen LogP contribution in [0.3, 0.4) is 0 Å². The topological polar surface area (TPSA) is 72.4 Å². The highest BCUT2D eigenvalue weighted by Gasteiger charge is 2.30. The summed E-state index contributed by atoms with van der Waals surface area (Å²) < 4.78 is 31.7. The first-order chi connectivity index (χ1) is 13.4. The summed E-state index contributed by atoms with van der Waals surface area (Å²) in [6.45, 7) is 1.94. The third kappa shape index (κ3) is 3.16. The molecule has 1 fully saturated rings. The maximum absolute atomic E-state index is 14.9. The largest absolute Gasteiger partial charge is 0.355 e. The average Bonchev–Trinajstić information content (AvgIpc) is 2.96. The fourth-order valence-electron chi connectivity index (χ4n) is 3.89. The summed E-state index contributed by atoms with van der Waals surface area (Å²) in [5, 5.41) is 2.38. The predicted molar refractivity (Wildman–Crippen MR) is 103 cm³/mol. The number of nitrogens with one attached hydrogen (secondary N) is 1. The lowest BCUT2D eigenvalue weighted by molar-refractivity contribution is 0.0962. The first kappa shape index (κ1) is 18.6. The summed E-state index contributed by atoms with van der Waals surface area (Å²) in [6, 6.07) is 6.12. The number of halogens is 2. The Kier molecular flexibility index (Phi) is 4.63. The minimum atomic E-state index is -0.801. The highest BCUT2D eigenvalue weighted by Crippen LogP contribution is 2.35. The Hall–Kier alpha value is -2.80. The molecule has 2 aromatic heterocycles. The lowest BCUT2D eigenvalue weighted by Gasteiger charge is -2.32. The lowest BCUT2D eigenvalue weighted by atomic mass is 9.77. The van der Waals surface area contributed by atoms with Crippen molar-refractivity contribution < 1.29 is 13.6 Å². The van der Waals surface area contributed by atoms with Gasteiger partial charge in [-0.1, -0.05) is 0 Å². The molecular formula is C21H22F2N4O. The van der Waals surface area contributed by atoms with Crippen LogP contribution in [0.25, 0.3) is 16.9 Å². The Balaban J connectivity index is 1.87. The number of nitrogens with zero attached hydrogens (tertiary/aromatic N) is 2. The molecule has 1 saturated carbocycles. The third-order valence-corrected chi connectivity index (χ3v) is 5.40. The van der Waals surface area contributed by atoms with Crippen molar-refractivity contribution in [2.75, 3.05) is 7.05 Å². The van der Waals surface area contributed by atoms with Crippen LogP contribution in [0.1, 0.15) is 34.5 Å². The minimum Gasteiger partial charge on any atom is -0.355 e. The van der Waals surface area contributed by atoms with Gasteiger partial charge in [-0.15, -0.1) is 0 Å². The highest BCUT2D eigenvalue weighted by atomic mass is 19.1. The van der Waals surface area contributed by atoms with Gasteiger partial charge in [0.25, 0.3) is 5.91 Å². The fourth-order valence-corrected chi connectivity index (χ4v) is 3.89. The third-order valence-electron chi connectivity index (χ3n) is 5.40. The van der Waals surface area contributed by atoms with Gasteiger partial charge in [-0.3, -0.25) is 4.79 Å². The molecular weight excluding hydrogens is 362 g/mol. The molecule has 4 rings (SSSR count). The highest BCUT2D eigenvalue weighted by molar-refractivity contribution is 5.94. The van der Waals surface area contributed by atoms with Crippen molar-refractivity contribution in [1.29, 1.82) is 0 Å². The smallest absolute Gasteiger partial charge is 0.251 e. The van der Waals surface area contributed by atoms with Gasteiger partial charge in [0.15, 0.2) is 0 Å². The zero-order chi connectivity index (χ0) is 20.0. The maximum atomic E-state index is 14.9. The number of pyridine rings is 1. The van der Waals surface area contributed by atoms with Crippen LogP contribution in [-0.4, -0.2) is 28.4 Å². The van der Waals surface area contributed by atoms with Gasteiger partial charge in [0.05, 0.1) is 17.0 Å². The summed E-state index contributed by atoms with van der Waals surface area (Å²) in [7, 11) is 1.41. The molecule has 146 valence electrons. The van der Waals surface area contributed by atoms with E-state index >= 15 is 0 Å². The molecule has 0 aliphatic heterocycles. The second kappa shape index (κ2) is 6.98. The molecule has 7 heteroatoms. The first-order valence-corrected chi connectivity index (χ1v) is 9.32. The van der Waals surface area contributed by atoms with Gasteiger partial charge in [0.1, 0.15) is 17.3 Å². The molecule has 1 amide bonds.